The second-order valence-electron chi connectivity index (χ2n) is 5.76. The summed E-state index contributed by atoms with van der Waals surface area (Å²) in [5.41, 5.74) is 7.83. The number of rotatable bonds is 2. The maximum atomic E-state index is 13.8. The van der Waals surface area contributed by atoms with Gasteiger partial charge in [0.15, 0.2) is 11.6 Å². The van der Waals surface area contributed by atoms with E-state index in [1.54, 1.807) is 12.3 Å². The number of para-hydroxylation sites is 1. The van der Waals surface area contributed by atoms with Crippen molar-refractivity contribution < 1.29 is 4.39 Å². The van der Waals surface area contributed by atoms with Gasteiger partial charge < -0.3 is 15.3 Å². The zero-order valence-electron chi connectivity index (χ0n) is 11.7. The van der Waals surface area contributed by atoms with Crippen LogP contribution in [-0.4, -0.2) is 19.5 Å². The van der Waals surface area contributed by atoms with Gasteiger partial charge in [-0.1, -0.05) is 6.07 Å². The summed E-state index contributed by atoms with van der Waals surface area (Å²) < 4.78 is 15.7. The molecule has 108 valence electrons. The van der Waals surface area contributed by atoms with E-state index in [4.69, 9.17) is 5.73 Å². The highest BCUT2D eigenvalue weighted by atomic mass is 19.1. The molecule has 21 heavy (non-hydrogen) atoms. The number of fused-ring (bicyclic) bond motifs is 1. The summed E-state index contributed by atoms with van der Waals surface area (Å²) in [4.78, 5) is 12.0. The quantitative estimate of drug-likeness (QED) is 0.759. The van der Waals surface area contributed by atoms with Gasteiger partial charge in [-0.25, -0.2) is 14.4 Å². The van der Waals surface area contributed by atoms with Gasteiger partial charge in [-0.3, -0.25) is 0 Å². The largest absolute Gasteiger partial charge is 0.338 e. The van der Waals surface area contributed by atoms with E-state index >= 15 is 0 Å². The van der Waals surface area contributed by atoms with Crippen molar-refractivity contribution in [3.63, 3.8) is 0 Å². The van der Waals surface area contributed by atoms with Crippen LogP contribution in [0.2, 0.25) is 0 Å². The molecule has 1 saturated carbocycles. The Balaban J connectivity index is 1.83. The van der Waals surface area contributed by atoms with Gasteiger partial charge in [-0.15, -0.1) is 0 Å². The molecule has 0 spiro atoms. The lowest BCUT2D eigenvalue weighted by Crippen LogP contribution is -2.44. The fourth-order valence-electron chi connectivity index (χ4n) is 2.90. The summed E-state index contributed by atoms with van der Waals surface area (Å²) in [6, 6.07) is 4.95. The molecule has 1 fully saturated rings. The number of H-pyrrole nitrogens is 1. The minimum Gasteiger partial charge on any atom is -0.338 e. The highest BCUT2D eigenvalue weighted by molar-refractivity contribution is 5.80. The molecule has 4 rings (SSSR count). The number of nitrogens with one attached hydrogen (secondary N) is 1. The van der Waals surface area contributed by atoms with E-state index in [1.807, 2.05) is 17.7 Å². The molecule has 5 nitrogen and oxygen atoms in total. The fraction of sp³-hybridized carbons (Fsp3) is 0.333. The molecule has 6 heteroatoms. The van der Waals surface area contributed by atoms with E-state index in [0.29, 0.717) is 11.3 Å². The number of nitrogens with two attached hydrogens (primary N) is 1. The van der Waals surface area contributed by atoms with E-state index in [-0.39, 0.29) is 11.4 Å². The van der Waals surface area contributed by atoms with Crippen LogP contribution in [-0.2, 0) is 12.6 Å². The van der Waals surface area contributed by atoms with Crippen LogP contribution in [0.5, 0.6) is 0 Å². The molecule has 0 unspecified atom stereocenters. The van der Waals surface area contributed by atoms with Crippen LogP contribution in [0.4, 0.5) is 4.39 Å². The lowest BCUT2D eigenvalue weighted by atomic mass is 9.77. The zero-order chi connectivity index (χ0) is 14.6. The molecule has 3 N–H and O–H groups in total. The van der Waals surface area contributed by atoms with Gasteiger partial charge in [0.05, 0.1) is 17.3 Å². The summed E-state index contributed by atoms with van der Waals surface area (Å²) in [7, 11) is 1.87. The summed E-state index contributed by atoms with van der Waals surface area (Å²) in [6.07, 6.45) is 4.74. The number of aryl methyl sites for hydroxylation is 1. The van der Waals surface area contributed by atoms with Crippen molar-refractivity contribution in [1.82, 2.24) is 19.5 Å². The Hall–Kier alpha value is -2.21. The molecule has 2 heterocycles. The topological polar surface area (TPSA) is 72.5 Å². The third kappa shape index (κ3) is 1.72. The second-order valence-corrected chi connectivity index (χ2v) is 5.76. The number of imidazole rings is 2. The number of hydrogen-bond acceptors (Lipinski definition) is 3. The number of aromatic amines is 1. The van der Waals surface area contributed by atoms with Crippen LogP contribution in [0.3, 0.4) is 0 Å². The molecule has 0 amide bonds. The van der Waals surface area contributed by atoms with E-state index in [2.05, 4.69) is 15.0 Å². The molecule has 3 aromatic rings. The first-order valence-electron chi connectivity index (χ1n) is 7.04. The molecular formula is C15H16FN5. The van der Waals surface area contributed by atoms with Crippen LogP contribution in [0.15, 0.2) is 24.4 Å². The van der Waals surface area contributed by atoms with Gasteiger partial charge in [0.1, 0.15) is 17.0 Å². The number of halogens is 1. The molecule has 0 bridgehead atoms. The maximum absolute atomic E-state index is 13.8. The van der Waals surface area contributed by atoms with E-state index in [9.17, 15) is 4.39 Å². The molecule has 1 aliphatic rings. The molecule has 0 atom stereocenters. The van der Waals surface area contributed by atoms with Gasteiger partial charge in [-0.05, 0) is 31.4 Å². The van der Waals surface area contributed by atoms with Crippen LogP contribution in [0, 0.1) is 5.82 Å². The number of hydrogen-bond donors (Lipinski definition) is 2. The third-order valence-corrected chi connectivity index (χ3v) is 4.40. The first-order valence-corrected chi connectivity index (χ1v) is 7.04. The molecule has 0 aliphatic heterocycles. The highest BCUT2D eigenvalue weighted by Gasteiger charge is 2.37. The highest BCUT2D eigenvalue weighted by Crippen LogP contribution is 2.37. The fourth-order valence-corrected chi connectivity index (χ4v) is 2.90. The van der Waals surface area contributed by atoms with Crippen LogP contribution in [0.1, 0.15) is 25.1 Å². The van der Waals surface area contributed by atoms with E-state index < -0.39 is 0 Å². The van der Waals surface area contributed by atoms with Gasteiger partial charge in [0.25, 0.3) is 0 Å². The third-order valence-electron chi connectivity index (χ3n) is 4.40. The van der Waals surface area contributed by atoms with Crippen molar-refractivity contribution in [1.29, 1.82) is 0 Å². The molecule has 1 aromatic carbocycles. The maximum Gasteiger partial charge on any atom is 0.159 e. The van der Waals surface area contributed by atoms with Crippen molar-refractivity contribution in [2.24, 2.45) is 12.8 Å². The Labute approximate surface area is 121 Å². The number of aromatic nitrogens is 4. The van der Waals surface area contributed by atoms with Gasteiger partial charge in [-0.2, -0.15) is 0 Å². The summed E-state index contributed by atoms with van der Waals surface area (Å²) in [5, 5.41) is 0. The van der Waals surface area contributed by atoms with E-state index in [0.717, 1.165) is 36.3 Å². The van der Waals surface area contributed by atoms with Crippen LogP contribution < -0.4 is 5.73 Å². The molecule has 0 saturated heterocycles. The Morgan fingerprint density at radius 3 is 2.86 bits per heavy atom. The van der Waals surface area contributed by atoms with Crippen molar-refractivity contribution >= 4 is 11.0 Å². The molecule has 1 aliphatic carbocycles. The Bertz CT molecular complexity index is 828. The predicted molar refractivity (Wildman–Crippen MR) is 78.0 cm³/mol. The van der Waals surface area contributed by atoms with Gasteiger partial charge in [0, 0.05) is 7.05 Å². The predicted octanol–water partition coefficient (Wildman–Crippen LogP) is 2.44. The molecule has 0 radical (unpaired) electrons. The van der Waals surface area contributed by atoms with Crippen molar-refractivity contribution in [2.45, 2.75) is 24.8 Å². The Kier molecular flexibility index (Phi) is 2.47. The zero-order valence-corrected chi connectivity index (χ0v) is 11.7. The van der Waals surface area contributed by atoms with Crippen LogP contribution in [0.25, 0.3) is 22.6 Å². The van der Waals surface area contributed by atoms with Crippen molar-refractivity contribution in [2.75, 3.05) is 0 Å². The summed E-state index contributed by atoms with van der Waals surface area (Å²) >= 11 is 0. The average molecular weight is 285 g/mol. The lowest BCUT2D eigenvalue weighted by Gasteiger charge is -2.35. The minimum atomic E-state index is -0.339. The standard InChI is InChI=1S/C15H16FN5/c1-21-11-5-2-4-9(16)12(11)20-13(21)10-8-18-14(19-10)15(17)6-3-7-15/h2,4-5,8H,3,6-7,17H2,1H3,(H,18,19). The monoisotopic (exact) mass is 285 g/mol. The average Bonchev–Trinajstić information content (AvgIpc) is 3.03. The summed E-state index contributed by atoms with van der Waals surface area (Å²) in [5.74, 6) is 1.14. The Morgan fingerprint density at radius 2 is 2.19 bits per heavy atom. The van der Waals surface area contributed by atoms with E-state index in [1.165, 1.54) is 6.07 Å². The SMILES string of the molecule is Cn1c(-c2cnc(C3(N)CCC3)[nH]2)nc2c(F)cccc21. The van der Waals surface area contributed by atoms with Gasteiger partial charge >= 0.3 is 0 Å². The van der Waals surface area contributed by atoms with Crippen LogP contribution >= 0.6 is 0 Å². The van der Waals surface area contributed by atoms with Crippen molar-refractivity contribution in [3.05, 3.63) is 36.0 Å². The van der Waals surface area contributed by atoms with Crippen molar-refractivity contribution in [3.8, 4) is 11.5 Å². The number of benzene rings is 1. The molecular weight excluding hydrogens is 269 g/mol. The second kappa shape index (κ2) is 4.14. The first-order chi connectivity index (χ1) is 10.1. The first kappa shape index (κ1) is 12.5. The smallest absolute Gasteiger partial charge is 0.159 e. The number of nitrogens with zero attached hydrogens (tertiary/aromatic N) is 3. The lowest BCUT2D eigenvalue weighted by molar-refractivity contribution is 0.240. The summed E-state index contributed by atoms with van der Waals surface area (Å²) in [6.45, 7) is 0. The normalized spacial score (nSPS) is 17.1. The van der Waals surface area contributed by atoms with Gasteiger partial charge in [0.2, 0.25) is 0 Å². The Morgan fingerprint density at radius 1 is 1.38 bits per heavy atom. The minimum absolute atomic E-state index is 0.316. The molecule has 2 aromatic heterocycles.